The average molecular weight is 255 g/mol. The highest BCUT2D eigenvalue weighted by Gasteiger charge is 2.14. The minimum Gasteiger partial charge on any atom is -0.381 e. The van der Waals surface area contributed by atoms with Crippen LogP contribution < -0.4 is 10.6 Å². The van der Waals surface area contributed by atoms with Gasteiger partial charge < -0.3 is 10.6 Å². The summed E-state index contributed by atoms with van der Waals surface area (Å²) in [5, 5.41) is 1.94. The van der Waals surface area contributed by atoms with Gasteiger partial charge in [-0.05, 0) is 11.4 Å². The van der Waals surface area contributed by atoms with Gasteiger partial charge in [0.15, 0.2) is 23.3 Å². The Kier molecular flexibility index (Phi) is 3.23. The number of nitrogen functional groups attached to an aromatic ring is 1. The van der Waals surface area contributed by atoms with Crippen LogP contribution in [-0.2, 0) is 6.54 Å². The van der Waals surface area contributed by atoms with Crippen molar-refractivity contribution in [1.29, 1.82) is 0 Å². The van der Waals surface area contributed by atoms with Gasteiger partial charge in [0.25, 0.3) is 0 Å². The number of nitrogens with two attached hydrogens (primary N) is 1. The first-order valence-corrected chi connectivity index (χ1v) is 5.81. The molecule has 0 unspecified atom stereocenters. The van der Waals surface area contributed by atoms with Crippen molar-refractivity contribution in [1.82, 2.24) is 4.98 Å². The van der Waals surface area contributed by atoms with Crippen LogP contribution in [0.15, 0.2) is 23.6 Å². The molecule has 0 radical (unpaired) electrons. The summed E-state index contributed by atoms with van der Waals surface area (Å²) in [7, 11) is 1.68. The van der Waals surface area contributed by atoms with Gasteiger partial charge in [-0.3, -0.25) is 0 Å². The molecule has 0 fully saturated rings. The maximum Gasteiger partial charge on any atom is 0.168 e. The molecule has 0 aromatic carbocycles. The number of hydrogen-bond acceptors (Lipinski definition) is 4. The molecule has 17 heavy (non-hydrogen) atoms. The van der Waals surface area contributed by atoms with Gasteiger partial charge in [-0.1, -0.05) is 6.07 Å². The maximum absolute atomic E-state index is 13.5. The largest absolute Gasteiger partial charge is 0.381 e. The third-order valence-corrected chi connectivity index (χ3v) is 3.13. The van der Waals surface area contributed by atoms with Crippen molar-refractivity contribution >= 4 is 23.0 Å². The molecular formula is C11H11F2N3S. The maximum atomic E-state index is 13.5. The smallest absolute Gasteiger partial charge is 0.168 e. The van der Waals surface area contributed by atoms with Crippen molar-refractivity contribution in [2.24, 2.45) is 0 Å². The molecule has 6 heteroatoms. The monoisotopic (exact) mass is 255 g/mol. The van der Waals surface area contributed by atoms with E-state index in [9.17, 15) is 8.78 Å². The quantitative estimate of drug-likeness (QED) is 0.916. The number of hydrogen-bond donors (Lipinski definition) is 1. The average Bonchev–Trinajstić information content (AvgIpc) is 2.76. The zero-order valence-electron chi connectivity index (χ0n) is 9.15. The number of nitrogens with zero attached hydrogens (tertiary/aromatic N) is 2. The molecule has 2 heterocycles. The van der Waals surface area contributed by atoms with E-state index >= 15 is 0 Å². The van der Waals surface area contributed by atoms with Gasteiger partial charge in [0, 0.05) is 18.0 Å². The van der Waals surface area contributed by atoms with Crippen LogP contribution in [0.1, 0.15) is 4.88 Å². The first-order chi connectivity index (χ1) is 8.08. The van der Waals surface area contributed by atoms with Crippen molar-refractivity contribution in [2.45, 2.75) is 6.54 Å². The molecule has 0 bridgehead atoms. The third kappa shape index (κ3) is 2.52. The van der Waals surface area contributed by atoms with E-state index in [-0.39, 0.29) is 11.6 Å². The molecule has 0 saturated heterocycles. The van der Waals surface area contributed by atoms with E-state index in [0.29, 0.717) is 6.54 Å². The van der Waals surface area contributed by atoms with Crippen LogP contribution in [0.2, 0.25) is 0 Å². The van der Waals surface area contributed by atoms with Crippen LogP contribution in [0.4, 0.5) is 20.4 Å². The summed E-state index contributed by atoms with van der Waals surface area (Å²) in [5.74, 6) is -1.79. The number of aromatic nitrogens is 1. The molecule has 2 aromatic heterocycles. The molecule has 0 amide bonds. The summed E-state index contributed by atoms with van der Waals surface area (Å²) in [6.45, 7) is 0.507. The molecule has 90 valence electrons. The summed E-state index contributed by atoms with van der Waals surface area (Å²) < 4.78 is 26.5. The van der Waals surface area contributed by atoms with Crippen molar-refractivity contribution < 1.29 is 8.78 Å². The van der Waals surface area contributed by atoms with E-state index in [4.69, 9.17) is 5.73 Å². The van der Waals surface area contributed by atoms with E-state index in [0.717, 1.165) is 10.9 Å². The molecular weight excluding hydrogens is 244 g/mol. The lowest BCUT2D eigenvalue weighted by molar-refractivity contribution is 0.574. The fourth-order valence-electron chi connectivity index (χ4n) is 1.45. The van der Waals surface area contributed by atoms with Crippen LogP contribution in [-0.4, -0.2) is 12.0 Å². The molecule has 0 spiro atoms. The van der Waals surface area contributed by atoms with Crippen LogP contribution in [0, 0.1) is 11.6 Å². The fourth-order valence-corrected chi connectivity index (χ4v) is 2.21. The first-order valence-electron chi connectivity index (χ1n) is 4.93. The number of rotatable bonds is 3. The Labute approximate surface area is 102 Å². The van der Waals surface area contributed by atoms with Gasteiger partial charge in [-0.2, -0.15) is 0 Å². The number of pyridine rings is 1. The first kappa shape index (κ1) is 11.8. The predicted octanol–water partition coefficient (Wildman–Crippen LogP) is 2.64. The van der Waals surface area contributed by atoms with E-state index in [1.165, 1.54) is 0 Å². The lowest BCUT2D eigenvalue weighted by atomic mass is 10.3. The van der Waals surface area contributed by atoms with E-state index in [1.807, 2.05) is 17.5 Å². The highest BCUT2D eigenvalue weighted by Crippen LogP contribution is 2.22. The van der Waals surface area contributed by atoms with Crippen molar-refractivity contribution in [3.63, 3.8) is 0 Å². The van der Waals surface area contributed by atoms with Crippen molar-refractivity contribution in [2.75, 3.05) is 17.7 Å². The Balaban J connectivity index is 2.24. The van der Waals surface area contributed by atoms with Gasteiger partial charge in [0.2, 0.25) is 0 Å². The summed E-state index contributed by atoms with van der Waals surface area (Å²) in [5.41, 5.74) is 5.32. The SMILES string of the molecule is CN(Cc1cccs1)c1nc(N)c(F)cc1F. The number of thiophene rings is 1. The van der Waals surface area contributed by atoms with E-state index in [1.54, 1.807) is 23.3 Å². The second-order valence-electron chi connectivity index (χ2n) is 3.60. The Bertz CT molecular complexity index is 514. The van der Waals surface area contributed by atoms with E-state index in [2.05, 4.69) is 4.98 Å². The molecule has 0 aliphatic heterocycles. The van der Waals surface area contributed by atoms with Crippen molar-refractivity contribution in [3.05, 3.63) is 40.1 Å². The van der Waals surface area contributed by atoms with Gasteiger partial charge in [-0.25, -0.2) is 13.8 Å². The van der Waals surface area contributed by atoms with Gasteiger partial charge in [0.1, 0.15) is 0 Å². The summed E-state index contributed by atoms with van der Waals surface area (Å²) >= 11 is 1.56. The fraction of sp³-hybridized carbons (Fsp3) is 0.182. The molecule has 2 N–H and O–H groups in total. The van der Waals surface area contributed by atoms with Gasteiger partial charge in [0.05, 0.1) is 6.54 Å². The number of halogens is 2. The minimum atomic E-state index is -0.837. The standard InChI is InChI=1S/C11H11F2N3S/c1-16(6-7-3-2-4-17-7)11-9(13)5-8(12)10(14)15-11/h2-5H,6H2,1H3,(H2,14,15). The predicted molar refractivity (Wildman–Crippen MR) is 65.0 cm³/mol. The molecule has 2 rings (SSSR count). The molecule has 0 atom stereocenters. The number of anilines is 2. The third-order valence-electron chi connectivity index (χ3n) is 2.27. The molecule has 0 saturated carbocycles. The minimum absolute atomic E-state index is 0.0531. The Morgan fingerprint density at radius 3 is 2.82 bits per heavy atom. The Hall–Kier alpha value is -1.69. The molecule has 3 nitrogen and oxygen atoms in total. The van der Waals surface area contributed by atoms with Crippen LogP contribution in [0.5, 0.6) is 0 Å². The van der Waals surface area contributed by atoms with Crippen molar-refractivity contribution in [3.8, 4) is 0 Å². The summed E-state index contributed by atoms with van der Waals surface area (Å²) in [4.78, 5) is 6.37. The zero-order valence-corrected chi connectivity index (χ0v) is 9.97. The van der Waals surface area contributed by atoms with Crippen LogP contribution in [0.3, 0.4) is 0 Å². The van der Waals surface area contributed by atoms with E-state index < -0.39 is 11.6 Å². The second kappa shape index (κ2) is 4.67. The highest BCUT2D eigenvalue weighted by atomic mass is 32.1. The van der Waals surface area contributed by atoms with Crippen LogP contribution >= 0.6 is 11.3 Å². The van der Waals surface area contributed by atoms with Crippen LogP contribution in [0.25, 0.3) is 0 Å². The second-order valence-corrected chi connectivity index (χ2v) is 4.63. The lowest BCUT2D eigenvalue weighted by Gasteiger charge is -2.18. The zero-order chi connectivity index (χ0) is 12.4. The van der Waals surface area contributed by atoms with Gasteiger partial charge in [-0.15, -0.1) is 11.3 Å². The molecule has 0 aliphatic carbocycles. The topological polar surface area (TPSA) is 42.2 Å². The lowest BCUT2D eigenvalue weighted by Crippen LogP contribution is -2.19. The molecule has 0 aliphatic rings. The summed E-state index contributed by atoms with van der Waals surface area (Å²) in [6, 6.07) is 4.60. The normalized spacial score (nSPS) is 10.5. The highest BCUT2D eigenvalue weighted by molar-refractivity contribution is 7.09. The Morgan fingerprint density at radius 2 is 2.18 bits per heavy atom. The Morgan fingerprint density at radius 1 is 1.41 bits per heavy atom. The summed E-state index contributed by atoms with van der Waals surface area (Å²) in [6.07, 6.45) is 0. The molecule has 2 aromatic rings. The van der Waals surface area contributed by atoms with Gasteiger partial charge >= 0.3 is 0 Å².